The highest BCUT2D eigenvalue weighted by Gasteiger charge is 2.42. The number of aliphatic hydroxyl groups is 1. The Morgan fingerprint density at radius 2 is 2.00 bits per heavy atom. The first-order chi connectivity index (χ1) is 9.26. The lowest BCUT2D eigenvalue weighted by Crippen LogP contribution is -2.54. The van der Waals surface area contributed by atoms with E-state index >= 15 is 0 Å². The number of nitrogens with one attached hydrogen (secondary N) is 1. The molecule has 0 aromatic carbocycles. The number of aliphatic hydroxyl groups excluding tert-OH is 1. The standard InChI is InChI=1S/C15H29N3O/c1-2-16-15(12-19)6-5-13(10-15)18-9-8-17-7-3-4-14(17)11-18/h13-14,16,19H,2-12H2,1H3. The summed E-state index contributed by atoms with van der Waals surface area (Å²) in [5.74, 6) is 0. The van der Waals surface area contributed by atoms with E-state index in [9.17, 15) is 5.11 Å². The van der Waals surface area contributed by atoms with E-state index in [1.807, 2.05) is 0 Å². The molecule has 2 heterocycles. The van der Waals surface area contributed by atoms with Gasteiger partial charge in [-0.3, -0.25) is 9.80 Å². The number of hydrogen-bond donors (Lipinski definition) is 2. The molecule has 2 aliphatic heterocycles. The van der Waals surface area contributed by atoms with Crippen molar-refractivity contribution in [1.29, 1.82) is 0 Å². The highest BCUT2D eigenvalue weighted by Crippen LogP contribution is 2.34. The Labute approximate surface area is 117 Å². The van der Waals surface area contributed by atoms with Gasteiger partial charge >= 0.3 is 0 Å². The van der Waals surface area contributed by atoms with Crippen molar-refractivity contribution in [3.8, 4) is 0 Å². The van der Waals surface area contributed by atoms with Gasteiger partial charge in [0.25, 0.3) is 0 Å². The zero-order valence-corrected chi connectivity index (χ0v) is 12.3. The summed E-state index contributed by atoms with van der Waals surface area (Å²) in [6.07, 6.45) is 6.29. The molecule has 2 N–H and O–H groups in total. The summed E-state index contributed by atoms with van der Waals surface area (Å²) in [5.41, 5.74) is 0.00618. The van der Waals surface area contributed by atoms with Crippen molar-refractivity contribution in [3.05, 3.63) is 0 Å². The van der Waals surface area contributed by atoms with Crippen LogP contribution < -0.4 is 5.32 Å². The molecule has 3 rings (SSSR count). The predicted octanol–water partition coefficient (Wildman–Crippen LogP) is 0.660. The quantitative estimate of drug-likeness (QED) is 0.785. The van der Waals surface area contributed by atoms with E-state index in [1.165, 1.54) is 45.4 Å². The number of hydrogen-bond acceptors (Lipinski definition) is 4. The Bertz CT molecular complexity index is 312. The van der Waals surface area contributed by atoms with E-state index in [0.29, 0.717) is 12.6 Å². The van der Waals surface area contributed by atoms with Gasteiger partial charge in [0.1, 0.15) is 0 Å². The fourth-order valence-electron chi connectivity index (χ4n) is 4.49. The fourth-order valence-corrected chi connectivity index (χ4v) is 4.49. The average molecular weight is 267 g/mol. The van der Waals surface area contributed by atoms with Crippen LogP contribution in [-0.4, -0.2) is 71.9 Å². The molecule has 1 aliphatic carbocycles. The molecule has 0 radical (unpaired) electrons. The Morgan fingerprint density at radius 3 is 2.79 bits per heavy atom. The maximum absolute atomic E-state index is 9.72. The molecule has 0 amide bonds. The lowest BCUT2D eigenvalue weighted by molar-refractivity contribution is 0.0668. The molecular weight excluding hydrogens is 238 g/mol. The molecule has 3 atom stereocenters. The maximum atomic E-state index is 9.72. The molecular formula is C15H29N3O. The average Bonchev–Trinajstić information content (AvgIpc) is 3.05. The molecule has 4 nitrogen and oxygen atoms in total. The van der Waals surface area contributed by atoms with Gasteiger partial charge in [-0.2, -0.15) is 0 Å². The van der Waals surface area contributed by atoms with Crippen LogP contribution in [0.2, 0.25) is 0 Å². The van der Waals surface area contributed by atoms with Crippen molar-refractivity contribution in [1.82, 2.24) is 15.1 Å². The molecule has 1 saturated carbocycles. The van der Waals surface area contributed by atoms with E-state index in [-0.39, 0.29) is 5.54 Å². The van der Waals surface area contributed by atoms with Crippen molar-refractivity contribution in [2.75, 3.05) is 39.3 Å². The molecule has 3 unspecified atom stereocenters. The summed E-state index contributed by atoms with van der Waals surface area (Å²) < 4.78 is 0. The minimum Gasteiger partial charge on any atom is -0.394 e. The van der Waals surface area contributed by atoms with E-state index in [0.717, 1.165) is 25.4 Å². The first-order valence-corrected chi connectivity index (χ1v) is 8.10. The van der Waals surface area contributed by atoms with Crippen molar-refractivity contribution in [3.63, 3.8) is 0 Å². The largest absolute Gasteiger partial charge is 0.394 e. The van der Waals surface area contributed by atoms with E-state index < -0.39 is 0 Å². The van der Waals surface area contributed by atoms with Gasteiger partial charge < -0.3 is 10.4 Å². The zero-order valence-electron chi connectivity index (χ0n) is 12.3. The maximum Gasteiger partial charge on any atom is 0.0613 e. The van der Waals surface area contributed by atoms with Gasteiger partial charge in [-0.25, -0.2) is 0 Å². The summed E-state index contributed by atoms with van der Waals surface area (Å²) in [6, 6.07) is 1.51. The fraction of sp³-hybridized carbons (Fsp3) is 1.00. The first kappa shape index (κ1) is 13.8. The first-order valence-electron chi connectivity index (χ1n) is 8.10. The topological polar surface area (TPSA) is 38.7 Å². The molecule has 0 aromatic rings. The van der Waals surface area contributed by atoms with Crippen LogP contribution in [0.15, 0.2) is 0 Å². The number of likely N-dealkylation sites (N-methyl/N-ethyl adjacent to an activating group) is 1. The highest BCUT2D eigenvalue weighted by molar-refractivity contribution is 5.01. The van der Waals surface area contributed by atoms with E-state index in [2.05, 4.69) is 22.0 Å². The van der Waals surface area contributed by atoms with Crippen LogP contribution in [0.1, 0.15) is 39.0 Å². The van der Waals surface area contributed by atoms with Gasteiger partial charge in [0.2, 0.25) is 0 Å². The van der Waals surface area contributed by atoms with Gasteiger partial charge in [-0.1, -0.05) is 6.92 Å². The Hall–Kier alpha value is -0.160. The minimum atomic E-state index is 0.00618. The molecule has 2 saturated heterocycles. The predicted molar refractivity (Wildman–Crippen MR) is 77.3 cm³/mol. The van der Waals surface area contributed by atoms with Crippen LogP contribution in [-0.2, 0) is 0 Å². The van der Waals surface area contributed by atoms with Gasteiger partial charge in [0.05, 0.1) is 6.61 Å². The molecule has 3 aliphatic rings. The normalized spacial score (nSPS) is 40.7. The van der Waals surface area contributed by atoms with Crippen molar-refractivity contribution >= 4 is 0 Å². The second-order valence-electron chi connectivity index (χ2n) is 6.69. The molecule has 4 heteroatoms. The third kappa shape index (κ3) is 2.68. The van der Waals surface area contributed by atoms with Crippen LogP contribution in [0.25, 0.3) is 0 Å². The summed E-state index contributed by atoms with van der Waals surface area (Å²) in [4.78, 5) is 5.39. The van der Waals surface area contributed by atoms with Crippen molar-refractivity contribution in [2.24, 2.45) is 0 Å². The zero-order chi connectivity index (χ0) is 13.3. The van der Waals surface area contributed by atoms with Crippen LogP contribution >= 0.6 is 0 Å². The smallest absolute Gasteiger partial charge is 0.0613 e. The second-order valence-corrected chi connectivity index (χ2v) is 6.69. The highest BCUT2D eigenvalue weighted by atomic mass is 16.3. The van der Waals surface area contributed by atoms with Gasteiger partial charge in [0.15, 0.2) is 0 Å². The molecule has 110 valence electrons. The Morgan fingerprint density at radius 1 is 1.16 bits per heavy atom. The Kier molecular flexibility index (Phi) is 4.13. The number of fused-ring (bicyclic) bond motifs is 1. The van der Waals surface area contributed by atoms with E-state index in [4.69, 9.17) is 0 Å². The van der Waals surface area contributed by atoms with Gasteiger partial charge in [-0.05, 0) is 45.2 Å². The number of rotatable bonds is 4. The summed E-state index contributed by atoms with van der Waals surface area (Å²) >= 11 is 0. The van der Waals surface area contributed by atoms with Crippen LogP contribution in [0.3, 0.4) is 0 Å². The minimum absolute atomic E-state index is 0.00618. The molecule has 3 fully saturated rings. The lowest BCUT2D eigenvalue weighted by Gasteiger charge is -2.41. The number of nitrogens with zero attached hydrogens (tertiary/aromatic N) is 2. The Balaban J connectivity index is 1.58. The summed E-state index contributed by atoms with van der Waals surface area (Å²) in [7, 11) is 0. The second kappa shape index (κ2) is 5.68. The SMILES string of the molecule is CCNC1(CO)CCC(N2CCN3CCCC3C2)C1. The third-order valence-corrected chi connectivity index (χ3v) is 5.57. The molecule has 0 bridgehead atoms. The summed E-state index contributed by atoms with van der Waals surface area (Å²) in [5, 5.41) is 13.3. The third-order valence-electron chi connectivity index (χ3n) is 5.57. The summed E-state index contributed by atoms with van der Waals surface area (Å²) in [6.45, 7) is 8.47. The van der Waals surface area contributed by atoms with Crippen LogP contribution in [0.4, 0.5) is 0 Å². The van der Waals surface area contributed by atoms with E-state index in [1.54, 1.807) is 0 Å². The van der Waals surface area contributed by atoms with Crippen molar-refractivity contribution < 1.29 is 5.11 Å². The van der Waals surface area contributed by atoms with Crippen molar-refractivity contribution in [2.45, 2.75) is 56.7 Å². The molecule has 0 aromatic heterocycles. The van der Waals surface area contributed by atoms with Crippen LogP contribution in [0, 0.1) is 0 Å². The monoisotopic (exact) mass is 267 g/mol. The number of piperazine rings is 1. The lowest BCUT2D eigenvalue weighted by atomic mass is 9.98. The van der Waals surface area contributed by atoms with Crippen LogP contribution in [0.5, 0.6) is 0 Å². The van der Waals surface area contributed by atoms with Gasteiger partial charge in [-0.15, -0.1) is 0 Å². The van der Waals surface area contributed by atoms with Gasteiger partial charge in [0, 0.05) is 37.3 Å². The molecule has 19 heavy (non-hydrogen) atoms. The molecule has 0 spiro atoms.